The standard InChI is InChI=1S/C8H6IN/c1-10-6-7-3-2-4-8(9)5-7/h2-5H,6H2. The molecule has 0 bridgehead atoms. The van der Waals surface area contributed by atoms with Gasteiger partial charge in [-0.1, -0.05) is 12.1 Å². The second kappa shape index (κ2) is 3.57. The molecule has 1 nitrogen and oxygen atoms in total. The summed E-state index contributed by atoms with van der Waals surface area (Å²) in [6, 6.07) is 8.00. The Hall–Kier alpha value is -0.560. The van der Waals surface area contributed by atoms with Gasteiger partial charge in [-0.2, -0.15) is 0 Å². The summed E-state index contributed by atoms with van der Waals surface area (Å²) >= 11 is 2.24. The quantitative estimate of drug-likeness (QED) is 0.527. The average Bonchev–Trinajstić information content (AvgIpc) is 1.88. The van der Waals surface area contributed by atoms with Crippen molar-refractivity contribution >= 4 is 22.6 Å². The van der Waals surface area contributed by atoms with Gasteiger partial charge in [0.2, 0.25) is 6.54 Å². The monoisotopic (exact) mass is 243 g/mol. The van der Waals surface area contributed by atoms with Gasteiger partial charge in [0.15, 0.2) is 0 Å². The second-order valence-electron chi connectivity index (χ2n) is 1.95. The molecule has 1 rings (SSSR count). The van der Waals surface area contributed by atoms with Crippen molar-refractivity contribution in [3.8, 4) is 0 Å². The highest BCUT2D eigenvalue weighted by Gasteiger charge is 1.93. The van der Waals surface area contributed by atoms with Crippen LogP contribution >= 0.6 is 22.6 Å². The summed E-state index contributed by atoms with van der Waals surface area (Å²) in [6.45, 7) is 7.13. The number of nitrogens with zero attached hydrogens (tertiary/aromatic N) is 1. The topological polar surface area (TPSA) is 4.36 Å². The highest BCUT2D eigenvalue weighted by atomic mass is 127. The predicted molar refractivity (Wildman–Crippen MR) is 49.5 cm³/mol. The van der Waals surface area contributed by atoms with E-state index < -0.39 is 0 Å². The summed E-state index contributed by atoms with van der Waals surface area (Å²) in [4.78, 5) is 3.29. The summed E-state index contributed by atoms with van der Waals surface area (Å²) in [5.74, 6) is 0. The van der Waals surface area contributed by atoms with E-state index >= 15 is 0 Å². The van der Waals surface area contributed by atoms with Crippen molar-refractivity contribution in [2.24, 2.45) is 0 Å². The van der Waals surface area contributed by atoms with Gasteiger partial charge >= 0.3 is 0 Å². The lowest BCUT2D eigenvalue weighted by Crippen LogP contribution is -1.78. The van der Waals surface area contributed by atoms with E-state index in [1.807, 2.05) is 24.3 Å². The van der Waals surface area contributed by atoms with E-state index in [0.29, 0.717) is 6.54 Å². The third-order valence-corrected chi connectivity index (χ3v) is 1.82. The Morgan fingerprint density at radius 1 is 1.50 bits per heavy atom. The van der Waals surface area contributed by atoms with E-state index in [2.05, 4.69) is 27.4 Å². The molecule has 0 aliphatic carbocycles. The Balaban J connectivity index is 2.87. The molecule has 0 radical (unpaired) electrons. The van der Waals surface area contributed by atoms with Crippen LogP contribution in [-0.4, -0.2) is 0 Å². The minimum atomic E-state index is 0.497. The van der Waals surface area contributed by atoms with Gasteiger partial charge in [0.25, 0.3) is 0 Å². The molecule has 1 aromatic carbocycles. The maximum Gasteiger partial charge on any atom is 0.239 e. The molecule has 1 aromatic rings. The van der Waals surface area contributed by atoms with E-state index in [0.717, 1.165) is 5.56 Å². The SMILES string of the molecule is [C-]#[N+]Cc1cccc(I)c1. The van der Waals surface area contributed by atoms with Crippen LogP contribution in [0.15, 0.2) is 24.3 Å². The van der Waals surface area contributed by atoms with Crippen LogP contribution in [0, 0.1) is 10.1 Å². The third kappa shape index (κ3) is 1.99. The molecule has 2 heteroatoms. The first-order chi connectivity index (χ1) is 4.83. The highest BCUT2D eigenvalue weighted by Crippen LogP contribution is 2.08. The number of halogens is 1. The van der Waals surface area contributed by atoms with Crippen LogP contribution in [0.3, 0.4) is 0 Å². The fourth-order valence-electron chi connectivity index (χ4n) is 0.727. The van der Waals surface area contributed by atoms with Gasteiger partial charge in [-0.25, -0.2) is 6.57 Å². The van der Waals surface area contributed by atoms with Gasteiger partial charge in [-0.05, 0) is 34.7 Å². The van der Waals surface area contributed by atoms with E-state index in [1.165, 1.54) is 3.57 Å². The molecule has 0 atom stereocenters. The second-order valence-corrected chi connectivity index (χ2v) is 3.19. The summed E-state index contributed by atoms with van der Waals surface area (Å²) in [5, 5.41) is 0. The third-order valence-electron chi connectivity index (χ3n) is 1.15. The molecular weight excluding hydrogens is 237 g/mol. The first-order valence-corrected chi connectivity index (χ1v) is 3.98. The molecule has 0 saturated heterocycles. The Bertz CT molecular complexity index is 262. The lowest BCUT2D eigenvalue weighted by molar-refractivity contribution is 1.26. The van der Waals surface area contributed by atoms with Gasteiger partial charge in [0.1, 0.15) is 0 Å². The summed E-state index contributed by atoms with van der Waals surface area (Å²) in [5.41, 5.74) is 1.10. The summed E-state index contributed by atoms with van der Waals surface area (Å²) in [7, 11) is 0. The molecule has 0 N–H and O–H groups in total. The molecule has 50 valence electrons. The van der Waals surface area contributed by atoms with Crippen molar-refractivity contribution in [2.75, 3.05) is 0 Å². The Morgan fingerprint density at radius 3 is 2.90 bits per heavy atom. The van der Waals surface area contributed by atoms with Crippen LogP contribution in [0.2, 0.25) is 0 Å². The minimum absolute atomic E-state index is 0.497. The molecule has 0 heterocycles. The van der Waals surface area contributed by atoms with Gasteiger partial charge in [0.05, 0.1) is 0 Å². The van der Waals surface area contributed by atoms with Gasteiger partial charge in [-0.15, -0.1) is 0 Å². The van der Waals surface area contributed by atoms with E-state index in [4.69, 9.17) is 6.57 Å². The molecule has 0 aliphatic heterocycles. The Morgan fingerprint density at radius 2 is 2.30 bits per heavy atom. The van der Waals surface area contributed by atoms with Crippen molar-refractivity contribution < 1.29 is 0 Å². The first-order valence-electron chi connectivity index (χ1n) is 2.90. The fourth-order valence-corrected chi connectivity index (χ4v) is 1.33. The molecule has 0 unspecified atom stereocenters. The highest BCUT2D eigenvalue weighted by molar-refractivity contribution is 14.1. The predicted octanol–water partition coefficient (Wildman–Crippen LogP) is 2.71. The van der Waals surface area contributed by atoms with Crippen LogP contribution < -0.4 is 0 Å². The fraction of sp³-hybridized carbons (Fsp3) is 0.125. The smallest absolute Gasteiger partial charge is 0.239 e. The van der Waals surface area contributed by atoms with Gasteiger partial charge in [-0.3, -0.25) is 0 Å². The Labute approximate surface area is 74.0 Å². The van der Waals surface area contributed by atoms with Crippen LogP contribution in [-0.2, 0) is 6.54 Å². The first kappa shape index (κ1) is 7.55. The van der Waals surface area contributed by atoms with Crippen LogP contribution in [0.5, 0.6) is 0 Å². The maximum absolute atomic E-state index is 6.63. The van der Waals surface area contributed by atoms with Crippen LogP contribution in [0.25, 0.3) is 4.85 Å². The molecule has 0 saturated carbocycles. The lowest BCUT2D eigenvalue weighted by Gasteiger charge is -1.90. The van der Waals surface area contributed by atoms with Crippen molar-refractivity contribution in [1.82, 2.24) is 0 Å². The van der Waals surface area contributed by atoms with Crippen molar-refractivity contribution in [1.29, 1.82) is 0 Å². The largest absolute Gasteiger partial charge is 0.312 e. The zero-order valence-corrected chi connectivity index (χ0v) is 7.50. The van der Waals surface area contributed by atoms with Crippen molar-refractivity contribution in [3.63, 3.8) is 0 Å². The minimum Gasteiger partial charge on any atom is -0.312 e. The van der Waals surface area contributed by atoms with Crippen molar-refractivity contribution in [3.05, 3.63) is 44.8 Å². The molecule has 10 heavy (non-hydrogen) atoms. The summed E-state index contributed by atoms with van der Waals surface area (Å²) < 4.78 is 1.19. The zero-order chi connectivity index (χ0) is 7.40. The molecule has 0 amide bonds. The number of hydrogen-bond donors (Lipinski definition) is 0. The molecule has 0 aliphatic rings. The van der Waals surface area contributed by atoms with E-state index in [9.17, 15) is 0 Å². The van der Waals surface area contributed by atoms with Gasteiger partial charge < -0.3 is 4.85 Å². The van der Waals surface area contributed by atoms with Crippen LogP contribution in [0.1, 0.15) is 5.56 Å². The van der Waals surface area contributed by atoms with Crippen LogP contribution in [0.4, 0.5) is 0 Å². The zero-order valence-electron chi connectivity index (χ0n) is 5.34. The molecular formula is C8H6IN. The number of benzene rings is 1. The molecule has 0 aromatic heterocycles. The van der Waals surface area contributed by atoms with Gasteiger partial charge in [0, 0.05) is 9.13 Å². The number of hydrogen-bond acceptors (Lipinski definition) is 0. The van der Waals surface area contributed by atoms with E-state index in [1.54, 1.807) is 0 Å². The normalized spacial score (nSPS) is 8.80. The van der Waals surface area contributed by atoms with Crippen molar-refractivity contribution in [2.45, 2.75) is 6.54 Å². The average molecular weight is 243 g/mol. The Kier molecular flexibility index (Phi) is 2.69. The molecule has 0 fully saturated rings. The molecule has 0 spiro atoms. The maximum atomic E-state index is 6.63. The summed E-state index contributed by atoms with van der Waals surface area (Å²) in [6.07, 6.45) is 0. The van der Waals surface area contributed by atoms with E-state index in [-0.39, 0.29) is 0 Å². The lowest BCUT2D eigenvalue weighted by atomic mass is 10.2. The number of rotatable bonds is 1.